The summed E-state index contributed by atoms with van der Waals surface area (Å²) in [6.45, 7) is 8.35. The summed E-state index contributed by atoms with van der Waals surface area (Å²) in [5.41, 5.74) is 3.24. The van der Waals surface area contributed by atoms with Crippen LogP contribution in [-0.4, -0.2) is 28.8 Å². The van der Waals surface area contributed by atoms with Crippen molar-refractivity contribution >= 4 is 11.8 Å². The van der Waals surface area contributed by atoms with Gasteiger partial charge >= 0.3 is 0 Å². The maximum Gasteiger partial charge on any atom is 0.243 e. The molecule has 0 saturated heterocycles. The number of aryl methyl sites for hydroxylation is 1. The van der Waals surface area contributed by atoms with Gasteiger partial charge in [0.05, 0.1) is 0 Å². The molecule has 2 atom stereocenters. The fraction of sp³-hybridized carbons (Fsp3) is 0.417. The third kappa shape index (κ3) is 5.95. The molecule has 1 N–H and O–H groups in total. The predicted octanol–water partition coefficient (Wildman–Crippen LogP) is 4.26. The molecule has 0 aliphatic rings. The first-order valence-electron chi connectivity index (χ1n) is 10.1. The van der Waals surface area contributed by atoms with Crippen LogP contribution in [0.1, 0.15) is 50.3 Å². The van der Waals surface area contributed by atoms with Gasteiger partial charge in [-0.05, 0) is 37.0 Å². The Balaban J connectivity index is 2.37. The van der Waals surface area contributed by atoms with Crippen LogP contribution in [0.25, 0.3) is 0 Å². The summed E-state index contributed by atoms with van der Waals surface area (Å²) in [5, 5.41) is 3.08. The van der Waals surface area contributed by atoms with Gasteiger partial charge in [-0.2, -0.15) is 0 Å². The van der Waals surface area contributed by atoms with Gasteiger partial charge in [0, 0.05) is 25.4 Å². The average molecular weight is 381 g/mol. The van der Waals surface area contributed by atoms with Crippen LogP contribution >= 0.6 is 0 Å². The lowest BCUT2D eigenvalue weighted by Gasteiger charge is -2.32. The summed E-state index contributed by atoms with van der Waals surface area (Å²) in [5.74, 6) is -0.0999. The lowest BCUT2D eigenvalue weighted by atomic mass is 10.0. The van der Waals surface area contributed by atoms with Crippen LogP contribution in [0, 0.1) is 6.92 Å². The highest BCUT2D eigenvalue weighted by Gasteiger charge is 2.30. The summed E-state index contributed by atoms with van der Waals surface area (Å²) in [6, 6.07) is 17.5. The molecular formula is C24H32N2O2. The summed E-state index contributed by atoms with van der Waals surface area (Å²) >= 11 is 0. The van der Waals surface area contributed by atoms with E-state index in [0.717, 1.165) is 23.1 Å². The second-order valence-corrected chi connectivity index (χ2v) is 7.33. The van der Waals surface area contributed by atoms with E-state index >= 15 is 0 Å². The first-order valence-corrected chi connectivity index (χ1v) is 10.1. The van der Waals surface area contributed by atoms with Crippen molar-refractivity contribution in [2.75, 3.05) is 0 Å². The van der Waals surface area contributed by atoms with Crippen LogP contribution in [0.5, 0.6) is 0 Å². The molecule has 2 rings (SSSR count). The number of carbonyl (C=O) groups is 2. The summed E-state index contributed by atoms with van der Waals surface area (Å²) in [4.78, 5) is 27.8. The normalized spacial score (nSPS) is 12.9. The topological polar surface area (TPSA) is 49.4 Å². The van der Waals surface area contributed by atoms with Crippen molar-refractivity contribution in [3.63, 3.8) is 0 Å². The number of carbonyl (C=O) groups excluding carboxylic acids is 2. The molecule has 4 heteroatoms. The Morgan fingerprint density at radius 2 is 1.64 bits per heavy atom. The average Bonchev–Trinajstić information content (AvgIpc) is 2.71. The highest BCUT2D eigenvalue weighted by molar-refractivity contribution is 5.88. The molecule has 28 heavy (non-hydrogen) atoms. The molecule has 0 spiro atoms. The van der Waals surface area contributed by atoms with Crippen molar-refractivity contribution in [2.24, 2.45) is 0 Å². The van der Waals surface area contributed by atoms with Gasteiger partial charge < -0.3 is 10.2 Å². The number of nitrogens with one attached hydrogen (secondary N) is 1. The van der Waals surface area contributed by atoms with Crippen LogP contribution in [0.2, 0.25) is 0 Å². The monoisotopic (exact) mass is 380 g/mol. The minimum absolute atomic E-state index is 0.0107. The highest BCUT2D eigenvalue weighted by atomic mass is 16.2. The van der Waals surface area contributed by atoms with Crippen molar-refractivity contribution in [3.8, 4) is 0 Å². The van der Waals surface area contributed by atoms with E-state index in [1.807, 2.05) is 82.3 Å². The summed E-state index contributed by atoms with van der Waals surface area (Å²) in [6.07, 6.45) is 1.72. The maximum absolute atomic E-state index is 13.1. The molecule has 0 saturated carbocycles. The van der Waals surface area contributed by atoms with E-state index in [4.69, 9.17) is 0 Å². The molecule has 0 heterocycles. The van der Waals surface area contributed by atoms with E-state index in [-0.39, 0.29) is 17.9 Å². The van der Waals surface area contributed by atoms with E-state index in [0.29, 0.717) is 19.4 Å². The molecule has 2 aromatic carbocycles. The molecule has 0 aliphatic heterocycles. The Kier molecular flexibility index (Phi) is 8.24. The molecule has 0 bridgehead atoms. The molecule has 0 radical (unpaired) electrons. The van der Waals surface area contributed by atoms with Gasteiger partial charge in [0.1, 0.15) is 6.04 Å². The van der Waals surface area contributed by atoms with E-state index in [9.17, 15) is 9.59 Å². The van der Waals surface area contributed by atoms with Crippen molar-refractivity contribution in [1.29, 1.82) is 0 Å². The lowest BCUT2D eigenvalue weighted by Crippen LogP contribution is -2.52. The predicted molar refractivity (Wildman–Crippen MR) is 114 cm³/mol. The maximum atomic E-state index is 13.1. The Hall–Kier alpha value is -2.62. The van der Waals surface area contributed by atoms with E-state index in [1.165, 1.54) is 0 Å². The van der Waals surface area contributed by atoms with Gasteiger partial charge in [0.15, 0.2) is 0 Å². The highest BCUT2D eigenvalue weighted by Crippen LogP contribution is 2.18. The summed E-state index contributed by atoms with van der Waals surface area (Å²) in [7, 11) is 0. The zero-order valence-electron chi connectivity index (χ0n) is 17.4. The molecule has 150 valence electrons. The summed E-state index contributed by atoms with van der Waals surface area (Å²) < 4.78 is 0. The fourth-order valence-electron chi connectivity index (χ4n) is 3.17. The smallest absolute Gasteiger partial charge is 0.243 e. The van der Waals surface area contributed by atoms with Crippen molar-refractivity contribution in [2.45, 2.75) is 65.6 Å². The lowest BCUT2D eigenvalue weighted by molar-refractivity contribution is -0.141. The largest absolute Gasteiger partial charge is 0.352 e. The van der Waals surface area contributed by atoms with Gasteiger partial charge in [-0.15, -0.1) is 0 Å². The first kappa shape index (κ1) is 21.7. The van der Waals surface area contributed by atoms with Crippen molar-refractivity contribution in [1.82, 2.24) is 10.2 Å². The first-order chi connectivity index (χ1) is 13.5. The van der Waals surface area contributed by atoms with Crippen LogP contribution in [0.4, 0.5) is 0 Å². The Labute approximate surface area is 169 Å². The number of nitrogens with zero attached hydrogens (tertiary/aromatic N) is 1. The number of rotatable bonds is 9. The van der Waals surface area contributed by atoms with E-state index < -0.39 is 6.04 Å². The van der Waals surface area contributed by atoms with Gasteiger partial charge in [-0.1, -0.05) is 68.4 Å². The van der Waals surface area contributed by atoms with E-state index in [2.05, 4.69) is 5.32 Å². The van der Waals surface area contributed by atoms with E-state index in [1.54, 1.807) is 4.90 Å². The third-order valence-corrected chi connectivity index (χ3v) is 5.18. The number of amides is 2. The number of hydrogen-bond acceptors (Lipinski definition) is 2. The molecule has 2 aromatic rings. The van der Waals surface area contributed by atoms with Crippen molar-refractivity contribution in [3.05, 3.63) is 71.3 Å². The third-order valence-electron chi connectivity index (χ3n) is 5.18. The standard InChI is InChI=1S/C24H32N2O2/c1-5-19(4)25-24(28)22(16-20-13-8-7-9-14-20)26(23(27)6-2)17-21-15-11-10-12-18(21)3/h7-15,19,22H,5-6,16-17H2,1-4H3,(H,25,28)/t19-,22-/m1/s1. The van der Waals surface area contributed by atoms with Crippen LogP contribution in [0.3, 0.4) is 0 Å². The van der Waals surface area contributed by atoms with Crippen molar-refractivity contribution < 1.29 is 9.59 Å². The van der Waals surface area contributed by atoms with Crippen LogP contribution < -0.4 is 5.32 Å². The molecule has 2 amide bonds. The molecule has 0 aromatic heterocycles. The second kappa shape index (κ2) is 10.6. The van der Waals surface area contributed by atoms with Gasteiger partial charge in [0.2, 0.25) is 11.8 Å². The van der Waals surface area contributed by atoms with Gasteiger partial charge in [0.25, 0.3) is 0 Å². The minimum Gasteiger partial charge on any atom is -0.352 e. The Morgan fingerprint density at radius 3 is 2.25 bits per heavy atom. The SMILES string of the molecule is CCC(=O)N(Cc1ccccc1C)[C@H](Cc1ccccc1)C(=O)N[C@H](C)CC. The molecule has 0 aliphatic carbocycles. The Morgan fingerprint density at radius 1 is 1.00 bits per heavy atom. The molecular weight excluding hydrogens is 348 g/mol. The Bertz CT molecular complexity index is 773. The number of hydrogen-bond donors (Lipinski definition) is 1. The van der Waals surface area contributed by atoms with Gasteiger partial charge in [-0.25, -0.2) is 0 Å². The van der Waals surface area contributed by atoms with Crippen LogP contribution in [0.15, 0.2) is 54.6 Å². The second-order valence-electron chi connectivity index (χ2n) is 7.33. The quantitative estimate of drug-likeness (QED) is 0.707. The van der Waals surface area contributed by atoms with Crippen LogP contribution in [-0.2, 0) is 22.6 Å². The zero-order valence-corrected chi connectivity index (χ0v) is 17.4. The molecule has 4 nitrogen and oxygen atoms in total. The minimum atomic E-state index is -0.538. The van der Waals surface area contributed by atoms with Gasteiger partial charge in [-0.3, -0.25) is 9.59 Å². The molecule has 0 fully saturated rings. The fourth-order valence-corrected chi connectivity index (χ4v) is 3.17. The zero-order chi connectivity index (χ0) is 20.5. The molecule has 0 unspecified atom stereocenters. The number of benzene rings is 2.